The molecule has 0 aliphatic carbocycles. The van der Waals surface area contributed by atoms with Gasteiger partial charge in [-0.15, -0.1) is 0 Å². The molecule has 5 nitrogen and oxygen atoms in total. The summed E-state index contributed by atoms with van der Waals surface area (Å²) in [6, 6.07) is 9.21. The van der Waals surface area contributed by atoms with Crippen LogP contribution < -0.4 is 5.73 Å². The molecule has 0 aliphatic heterocycles. The zero-order valence-corrected chi connectivity index (χ0v) is 12.2. The molecule has 112 valence electrons. The number of aliphatic hydroxyl groups is 1. The number of amides is 1. The Morgan fingerprint density at radius 2 is 2.00 bits per heavy atom. The highest BCUT2D eigenvalue weighted by molar-refractivity contribution is 5.79. The molecular formula is C15H24N2O3. The van der Waals surface area contributed by atoms with Crippen molar-refractivity contribution in [1.82, 2.24) is 4.90 Å². The Kier molecular flexibility index (Phi) is 7.22. The summed E-state index contributed by atoms with van der Waals surface area (Å²) in [5.41, 5.74) is 7.10. The fourth-order valence-corrected chi connectivity index (χ4v) is 2.06. The maximum atomic E-state index is 12.4. The van der Waals surface area contributed by atoms with Crippen molar-refractivity contribution in [3.63, 3.8) is 0 Å². The first-order valence-corrected chi connectivity index (χ1v) is 6.81. The van der Waals surface area contributed by atoms with Crippen LogP contribution >= 0.6 is 0 Å². The van der Waals surface area contributed by atoms with Gasteiger partial charge >= 0.3 is 0 Å². The van der Waals surface area contributed by atoms with Crippen molar-refractivity contribution in [3.05, 3.63) is 35.9 Å². The van der Waals surface area contributed by atoms with E-state index in [0.717, 1.165) is 5.56 Å². The molecule has 1 aromatic rings. The summed E-state index contributed by atoms with van der Waals surface area (Å²) in [6.45, 7) is 2.95. The first kappa shape index (κ1) is 16.6. The van der Waals surface area contributed by atoms with E-state index < -0.39 is 0 Å². The van der Waals surface area contributed by atoms with Gasteiger partial charge in [-0.2, -0.15) is 0 Å². The van der Waals surface area contributed by atoms with E-state index >= 15 is 0 Å². The molecule has 0 radical (unpaired) electrons. The Balaban J connectivity index is 2.72. The van der Waals surface area contributed by atoms with Crippen molar-refractivity contribution in [2.45, 2.75) is 13.0 Å². The molecule has 0 aliphatic rings. The second kappa shape index (κ2) is 8.68. The Bertz CT molecular complexity index is 397. The molecule has 0 aromatic heterocycles. The van der Waals surface area contributed by atoms with Crippen LogP contribution in [0.4, 0.5) is 0 Å². The number of hydrogen-bond donors (Lipinski definition) is 2. The number of carbonyl (C=O) groups excluding carboxylic acids is 1. The maximum Gasteiger partial charge on any atom is 0.227 e. The molecule has 3 N–H and O–H groups in total. The lowest BCUT2D eigenvalue weighted by atomic mass is 9.94. The monoisotopic (exact) mass is 280 g/mol. The number of hydrogen-bond acceptors (Lipinski definition) is 4. The summed E-state index contributed by atoms with van der Waals surface area (Å²) in [7, 11) is 1.58. The van der Waals surface area contributed by atoms with E-state index in [0.29, 0.717) is 19.7 Å². The summed E-state index contributed by atoms with van der Waals surface area (Å²) in [5, 5.41) is 9.06. The fourth-order valence-electron chi connectivity index (χ4n) is 2.06. The summed E-state index contributed by atoms with van der Waals surface area (Å²) in [5.74, 6) is -0.409. The van der Waals surface area contributed by atoms with Crippen LogP contribution in [-0.4, -0.2) is 49.3 Å². The van der Waals surface area contributed by atoms with E-state index in [9.17, 15) is 4.79 Å². The molecule has 1 amide bonds. The van der Waals surface area contributed by atoms with E-state index in [2.05, 4.69) is 0 Å². The standard InChI is InChI=1S/C15H24N2O3/c1-12(14(16)13-6-4-3-5-7-13)15(19)17(8-10-18)9-11-20-2/h3-7,12,14,18H,8-11,16H2,1-2H3. The smallest absolute Gasteiger partial charge is 0.227 e. The molecule has 0 bridgehead atoms. The van der Waals surface area contributed by atoms with Gasteiger partial charge in [-0.05, 0) is 5.56 Å². The number of carbonyl (C=O) groups is 1. The molecule has 0 saturated carbocycles. The maximum absolute atomic E-state index is 12.4. The summed E-state index contributed by atoms with van der Waals surface area (Å²) >= 11 is 0. The third kappa shape index (κ3) is 4.59. The highest BCUT2D eigenvalue weighted by Crippen LogP contribution is 2.20. The molecule has 20 heavy (non-hydrogen) atoms. The van der Waals surface area contributed by atoms with Crippen molar-refractivity contribution in [2.24, 2.45) is 11.7 Å². The van der Waals surface area contributed by atoms with Gasteiger partial charge in [-0.1, -0.05) is 37.3 Å². The number of methoxy groups -OCH3 is 1. The van der Waals surface area contributed by atoms with E-state index in [1.165, 1.54) is 0 Å². The predicted octanol–water partition coefficient (Wildman–Crippen LogP) is 0.790. The van der Waals surface area contributed by atoms with E-state index in [-0.39, 0.29) is 24.5 Å². The van der Waals surface area contributed by atoms with Crippen molar-refractivity contribution in [2.75, 3.05) is 33.4 Å². The highest BCUT2D eigenvalue weighted by atomic mass is 16.5. The van der Waals surface area contributed by atoms with Gasteiger partial charge in [0.1, 0.15) is 0 Å². The third-order valence-electron chi connectivity index (χ3n) is 3.36. The minimum Gasteiger partial charge on any atom is -0.395 e. The Morgan fingerprint density at radius 1 is 1.35 bits per heavy atom. The largest absolute Gasteiger partial charge is 0.395 e. The van der Waals surface area contributed by atoms with Crippen molar-refractivity contribution < 1.29 is 14.6 Å². The Labute approximate surface area is 120 Å². The van der Waals surface area contributed by atoms with Crippen LogP contribution in [0.15, 0.2) is 30.3 Å². The molecule has 2 atom stereocenters. The number of rotatable bonds is 8. The molecule has 2 unspecified atom stereocenters. The van der Waals surface area contributed by atoms with E-state index in [4.69, 9.17) is 15.6 Å². The number of benzene rings is 1. The minimum atomic E-state index is -0.354. The second-order valence-corrected chi connectivity index (χ2v) is 4.77. The van der Waals surface area contributed by atoms with Crippen LogP contribution in [0, 0.1) is 5.92 Å². The average molecular weight is 280 g/mol. The van der Waals surface area contributed by atoms with Gasteiger partial charge in [0, 0.05) is 26.2 Å². The Morgan fingerprint density at radius 3 is 2.55 bits per heavy atom. The van der Waals surface area contributed by atoms with Crippen LogP contribution in [0.1, 0.15) is 18.5 Å². The van der Waals surface area contributed by atoms with Crippen LogP contribution in [0.3, 0.4) is 0 Å². The van der Waals surface area contributed by atoms with Gasteiger partial charge in [0.15, 0.2) is 0 Å². The molecule has 0 fully saturated rings. The number of aliphatic hydroxyl groups excluding tert-OH is 1. The molecule has 0 saturated heterocycles. The normalized spacial score (nSPS) is 13.8. The van der Waals surface area contributed by atoms with Gasteiger partial charge in [-0.25, -0.2) is 0 Å². The van der Waals surface area contributed by atoms with Crippen LogP contribution in [0.5, 0.6) is 0 Å². The number of ether oxygens (including phenoxy) is 1. The second-order valence-electron chi connectivity index (χ2n) is 4.77. The van der Waals surface area contributed by atoms with E-state index in [1.54, 1.807) is 12.0 Å². The molecule has 1 aromatic carbocycles. The Hall–Kier alpha value is -1.43. The molecule has 0 heterocycles. The summed E-state index contributed by atoms with van der Waals surface area (Å²) in [4.78, 5) is 14.0. The van der Waals surface area contributed by atoms with Crippen molar-refractivity contribution >= 4 is 5.91 Å². The fraction of sp³-hybridized carbons (Fsp3) is 0.533. The minimum absolute atomic E-state index is 0.0625. The summed E-state index contributed by atoms with van der Waals surface area (Å²) in [6.07, 6.45) is 0. The van der Waals surface area contributed by atoms with Crippen molar-refractivity contribution in [3.8, 4) is 0 Å². The molecule has 0 spiro atoms. The zero-order valence-electron chi connectivity index (χ0n) is 12.2. The lowest BCUT2D eigenvalue weighted by Crippen LogP contribution is -2.42. The summed E-state index contributed by atoms with van der Waals surface area (Å²) < 4.78 is 4.99. The lowest BCUT2D eigenvalue weighted by molar-refractivity contribution is -0.136. The molecule has 1 rings (SSSR count). The number of nitrogens with zero attached hydrogens (tertiary/aromatic N) is 1. The zero-order chi connectivity index (χ0) is 15.0. The first-order valence-electron chi connectivity index (χ1n) is 6.81. The van der Waals surface area contributed by atoms with Crippen LogP contribution in [0.25, 0.3) is 0 Å². The first-order chi connectivity index (χ1) is 9.61. The molecular weight excluding hydrogens is 256 g/mol. The highest BCUT2D eigenvalue weighted by Gasteiger charge is 2.26. The number of nitrogens with two attached hydrogens (primary N) is 1. The van der Waals surface area contributed by atoms with Gasteiger partial charge in [-0.3, -0.25) is 4.79 Å². The van der Waals surface area contributed by atoms with Crippen LogP contribution in [0.2, 0.25) is 0 Å². The average Bonchev–Trinajstić information content (AvgIpc) is 2.50. The predicted molar refractivity (Wildman–Crippen MR) is 78.1 cm³/mol. The topological polar surface area (TPSA) is 75.8 Å². The van der Waals surface area contributed by atoms with Gasteiger partial charge in [0.05, 0.1) is 19.1 Å². The van der Waals surface area contributed by atoms with Gasteiger partial charge in [0.25, 0.3) is 0 Å². The van der Waals surface area contributed by atoms with Gasteiger partial charge < -0.3 is 20.5 Å². The van der Waals surface area contributed by atoms with Crippen LogP contribution in [-0.2, 0) is 9.53 Å². The van der Waals surface area contributed by atoms with E-state index in [1.807, 2.05) is 37.3 Å². The molecule has 5 heteroatoms. The van der Waals surface area contributed by atoms with Gasteiger partial charge in [0.2, 0.25) is 5.91 Å². The van der Waals surface area contributed by atoms with Crippen molar-refractivity contribution in [1.29, 1.82) is 0 Å². The third-order valence-corrected chi connectivity index (χ3v) is 3.36. The lowest BCUT2D eigenvalue weighted by Gasteiger charge is -2.28. The SMILES string of the molecule is COCCN(CCO)C(=O)C(C)C(N)c1ccccc1. The quantitative estimate of drug-likeness (QED) is 0.738.